The number of methoxy groups -OCH3 is 1. The number of rotatable bonds is 2. The number of ether oxygens (including phenoxy) is 2. The largest absolute Gasteiger partial charge is 0.381 e. The summed E-state index contributed by atoms with van der Waals surface area (Å²) in [5.41, 5.74) is -2.55. The molecule has 1 amide bonds. The number of fused-ring (bicyclic) bond motifs is 1. The van der Waals surface area contributed by atoms with E-state index in [1.807, 2.05) is 0 Å². The molecule has 0 spiro atoms. The van der Waals surface area contributed by atoms with E-state index < -0.39 is 17.3 Å². The predicted octanol–water partition coefficient (Wildman–Crippen LogP) is 0.708. The van der Waals surface area contributed by atoms with Crippen LogP contribution in [0.2, 0.25) is 0 Å². The van der Waals surface area contributed by atoms with Gasteiger partial charge in [-0.25, -0.2) is 4.39 Å². The average molecular weight is 217 g/mol. The average Bonchev–Trinajstić information content (AvgIpc) is 2.53. The van der Waals surface area contributed by atoms with Gasteiger partial charge in [0.05, 0.1) is 19.3 Å². The second-order valence-electron chi connectivity index (χ2n) is 4.69. The summed E-state index contributed by atoms with van der Waals surface area (Å²) in [6.07, 6.45) is 0.170. The van der Waals surface area contributed by atoms with Crippen molar-refractivity contribution in [3.63, 3.8) is 0 Å². The van der Waals surface area contributed by atoms with Gasteiger partial charge >= 0.3 is 0 Å². The lowest BCUT2D eigenvalue weighted by Crippen LogP contribution is -2.48. The van der Waals surface area contributed by atoms with Crippen molar-refractivity contribution in [3.05, 3.63) is 0 Å². The third kappa shape index (κ3) is 1.45. The molecular weight excluding hydrogens is 201 g/mol. The SMILES string of the molecule is COC[C@]1(F)C[C@H]2COC(C)(C)N2C1=O. The molecule has 15 heavy (non-hydrogen) atoms. The van der Waals surface area contributed by atoms with E-state index in [-0.39, 0.29) is 19.1 Å². The molecule has 4 nitrogen and oxygen atoms in total. The van der Waals surface area contributed by atoms with E-state index >= 15 is 0 Å². The van der Waals surface area contributed by atoms with Gasteiger partial charge in [0.1, 0.15) is 5.72 Å². The summed E-state index contributed by atoms with van der Waals surface area (Å²) in [5.74, 6) is -0.503. The Hall–Kier alpha value is -0.680. The number of carbonyl (C=O) groups excluding carboxylic acids is 1. The molecule has 2 aliphatic heterocycles. The summed E-state index contributed by atoms with van der Waals surface area (Å²) in [5, 5.41) is 0. The van der Waals surface area contributed by atoms with Crippen molar-refractivity contribution in [2.24, 2.45) is 0 Å². The molecular formula is C10H16FNO3. The molecule has 0 aromatic rings. The maximum absolute atomic E-state index is 14.2. The molecule has 2 fully saturated rings. The van der Waals surface area contributed by atoms with Crippen molar-refractivity contribution in [3.8, 4) is 0 Å². The molecule has 0 unspecified atom stereocenters. The van der Waals surface area contributed by atoms with E-state index in [0.717, 1.165) is 0 Å². The molecule has 2 aliphatic rings. The highest BCUT2D eigenvalue weighted by Gasteiger charge is 2.59. The first-order valence-corrected chi connectivity index (χ1v) is 5.06. The summed E-state index contributed by atoms with van der Waals surface area (Å²) >= 11 is 0. The normalized spacial score (nSPS) is 38.5. The Bertz CT molecular complexity index is 294. The Kier molecular flexibility index (Phi) is 2.28. The zero-order valence-electron chi connectivity index (χ0n) is 9.25. The monoisotopic (exact) mass is 217 g/mol. The Morgan fingerprint density at radius 3 is 2.87 bits per heavy atom. The molecule has 0 saturated carbocycles. The first-order valence-electron chi connectivity index (χ1n) is 5.06. The Labute approximate surface area is 88.3 Å². The summed E-state index contributed by atoms with van der Waals surface area (Å²) < 4.78 is 24.4. The fourth-order valence-corrected chi connectivity index (χ4v) is 2.47. The van der Waals surface area contributed by atoms with Crippen LogP contribution in [0, 0.1) is 0 Å². The summed E-state index contributed by atoms with van der Waals surface area (Å²) in [4.78, 5) is 13.4. The lowest BCUT2D eigenvalue weighted by molar-refractivity contribution is -0.153. The Balaban J connectivity index is 2.24. The van der Waals surface area contributed by atoms with Crippen LogP contribution in [0.3, 0.4) is 0 Å². The van der Waals surface area contributed by atoms with Crippen LogP contribution < -0.4 is 0 Å². The number of halogens is 1. The first kappa shape index (κ1) is 10.8. The molecule has 2 rings (SSSR count). The van der Waals surface area contributed by atoms with E-state index in [2.05, 4.69) is 0 Å². The van der Waals surface area contributed by atoms with Crippen LogP contribution in [0.4, 0.5) is 4.39 Å². The van der Waals surface area contributed by atoms with Gasteiger partial charge in [0.2, 0.25) is 5.67 Å². The van der Waals surface area contributed by atoms with E-state index in [4.69, 9.17) is 9.47 Å². The first-order chi connectivity index (χ1) is 6.91. The Morgan fingerprint density at radius 2 is 2.33 bits per heavy atom. The van der Waals surface area contributed by atoms with E-state index in [1.165, 1.54) is 12.0 Å². The van der Waals surface area contributed by atoms with Crippen LogP contribution in [0.15, 0.2) is 0 Å². The third-order valence-corrected chi connectivity index (χ3v) is 3.11. The van der Waals surface area contributed by atoms with Gasteiger partial charge in [-0.05, 0) is 13.8 Å². The zero-order valence-corrected chi connectivity index (χ0v) is 9.25. The van der Waals surface area contributed by atoms with Gasteiger partial charge < -0.3 is 14.4 Å². The van der Waals surface area contributed by atoms with Crippen LogP contribution in [-0.4, -0.2) is 48.6 Å². The molecule has 0 aromatic carbocycles. The second-order valence-corrected chi connectivity index (χ2v) is 4.69. The number of hydrogen-bond donors (Lipinski definition) is 0. The minimum Gasteiger partial charge on any atom is -0.381 e. The van der Waals surface area contributed by atoms with Crippen molar-refractivity contribution >= 4 is 5.91 Å². The molecule has 86 valence electrons. The smallest absolute Gasteiger partial charge is 0.265 e. The zero-order chi connectivity index (χ0) is 11.3. The maximum Gasteiger partial charge on any atom is 0.265 e. The van der Waals surface area contributed by atoms with Crippen LogP contribution in [0.5, 0.6) is 0 Å². The van der Waals surface area contributed by atoms with Crippen molar-refractivity contribution in [2.75, 3.05) is 20.3 Å². The number of carbonyl (C=O) groups is 1. The minimum atomic E-state index is -1.86. The van der Waals surface area contributed by atoms with Crippen LogP contribution in [0.1, 0.15) is 20.3 Å². The van der Waals surface area contributed by atoms with E-state index in [1.54, 1.807) is 13.8 Å². The van der Waals surface area contributed by atoms with E-state index in [0.29, 0.717) is 6.61 Å². The Morgan fingerprint density at radius 1 is 1.67 bits per heavy atom. The minimum absolute atomic E-state index is 0.146. The van der Waals surface area contributed by atoms with Crippen molar-refractivity contribution < 1.29 is 18.7 Å². The van der Waals surface area contributed by atoms with Gasteiger partial charge in [-0.3, -0.25) is 4.79 Å². The third-order valence-electron chi connectivity index (χ3n) is 3.11. The maximum atomic E-state index is 14.2. The van der Waals surface area contributed by atoms with Crippen molar-refractivity contribution in [1.29, 1.82) is 0 Å². The molecule has 2 atom stereocenters. The fourth-order valence-electron chi connectivity index (χ4n) is 2.47. The lowest BCUT2D eigenvalue weighted by atomic mass is 10.0. The van der Waals surface area contributed by atoms with Gasteiger partial charge in [-0.2, -0.15) is 0 Å². The van der Waals surface area contributed by atoms with E-state index in [9.17, 15) is 9.18 Å². The summed E-state index contributed by atoms with van der Waals surface area (Å²) in [6, 6.07) is -0.146. The molecule has 0 bridgehead atoms. The van der Waals surface area contributed by atoms with Gasteiger partial charge in [0, 0.05) is 13.5 Å². The van der Waals surface area contributed by atoms with Crippen LogP contribution in [-0.2, 0) is 14.3 Å². The fraction of sp³-hybridized carbons (Fsp3) is 0.900. The topological polar surface area (TPSA) is 38.8 Å². The molecule has 2 heterocycles. The lowest BCUT2D eigenvalue weighted by Gasteiger charge is -2.30. The molecule has 0 aliphatic carbocycles. The van der Waals surface area contributed by atoms with Crippen LogP contribution >= 0.6 is 0 Å². The van der Waals surface area contributed by atoms with Crippen LogP contribution in [0.25, 0.3) is 0 Å². The number of nitrogens with zero attached hydrogens (tertiary/aromatic N) is 1. The van der Waals surface area contributed by atoms with Gasteiger partial charge in [-0.15, -0.1) is 0 Å². The highest BCUT2D eigenvalue weighted by atomic mass is 19.1. The molecule has 2 saturated heterocycles. The summed E-state index contributed by atoms with van der Waals surface area (Å²) in [6.45, 7) is 3.80. The standard InChI is InChI=1S/C10H16FNO3/c1-9(2)12-7(5-15-9)4-10(11,6-14-3)8(12)13/h7H,4-6H2,1-3H3/t7-,10+/m0/s1. The van der Waals surface area contributed by atoms with Crippen molar-refractivity contribution in [2.45, 2.75) is 37.7 Å². The number of alkyl halides is 1. The van der Waals surface area contributed by atoms with Gasteiger partial charge in [-0.1, -0.05) is 0 Å². The van der Waals surface area contributed by atoms with Gasteiger partial charge in [0.15, 0.2) is 0 Å². The number of hydrogen-bond acceptors (Lipinski definition) is 3. The van der Waals surface area contributed by atoms with Gasteiger partial charge in [0.25, 0.3) is 5.91 Å². The second kappa shape index (κ2) is 3.15. The molecule has 5 heteroatoms. The summed E-state index contributed by atoms with van der Waals surface area (Å²) in [7, 11) is 1.40. The highest BCUT2D eigenvalue weighted by molar-refractivity contribution is 5.88. The molecule has 0 N–H and O–H groups in total. The molecule has 0 aromatic heterocycles. The van der Waals surface area contributed by atoms with Crippen molar-refractivity contribution in [1.82, 2.24) is 4.90 Å². The highest BCUT2D eigenvalue weighted by Crippen LogP contribution is 2.41. The molecule has 0 radical (unpaired) electrons. The number of amides is 1. The predicted molar refractivity (Wildman–Crippen MR) is 51.0 cm³/mol. The quantitative estimate of drug-likeness (QED) is 0.683.